The largest absolute Gasteiger partial charge is 0.367 e. The first kappa shape index (κ1) is 17.4. The van der Waals surface area contributed by atoms with Crippen molar-refractivity contribution in [2.24, 2.45) is 5.73 Å². The Bertz CT molecular complexity index is 1180. The van der Waals surface area contributed by atoms with E-state index in [1.54, 1.807) is 16.8 Å². The summed E-state index contributed by atoms with van der Waals surface area (Å²) in [6, 6.07) is 9.78. The second kappa shape index (κ2) is 6.71. The number of aromatic nitrogens is 3. The molecule has 146 valence electrons. The molecule has 0 unspecified atom stereocenters. The highest BCUT2D eigenvalue weighted by molar-refractivity contribution is 6.14. The van der Waals surface area contributed by atoms with Crippen LogP contribution in [-0.2, 0) is 11.3 Å². The molecule has 1 saturated heterocycles. The molecule has 29 heavy (non-hydrogen) atoms. The fourth-order valence-corrected chi connectivity index (χ4v) is 3.26. The number of amides is 3. The maximum atomic E-state index is 11.9. The lowest BCUT2D eigenvalue weighted by Gasteiger charge is -2.11. The third-order valence-electron chi connectivity index (χ3n) is 4.91. The van der Waals surface area contributed by atoms with Crippen molar-refractivity contribution < 1.29 is 9.59 Å². The van der Waals surface area contributed by atoms with Crippen LogP contribution in [0, 0.1) is 0 Å². The Kier molecular flexibility index (Phi) is 4.02. The van der Waals surface area contributed by atoms with Crippen LogP contribution in [0.5, 0.6) is 0 Å². The number of anilines is 1. The summed E-state index contributed by atoms with van der Waals surface area (Å²) in [5, 5.41) is 12.6. The second-order valence-electron chi connectivity index (χ2n) is 7.15. The van der Waals surface area contributed by atoms with Gasteiger partial charge in [-0.2, -0.15) is 9.61 Å². The van der Waals surface area contributed by atoms with Gasteiger partial charge in [-0.25, -0.2) is 9.78 Å². The van der Waals surface area contributed by atoms with E-state index in [4.69, 9.17) is 10.7 Å². The number of urea groups is 1. The lowest BCUT2D eigenvalue weighted by Crippen LogP contribution is -2.22. The van der Waals surface area contributed by atoms with Gasteiger partial charge < -0.3 is 16.4 Å². The molecule has 3 aromatic rings. The smallest absolute Gasteiger partial charge is 0.326 e. The van der Waals surface area contributed by atoms with Crippen LogP contribution < -0.4 is 21.7 Å². The van der Waals surface area contributed by atoms with Crippen molar-refractivity contribution in [3.8, 4) is 11.3 Å². The molecule has 1 aromatic carbocycles. The summed E-state index contributed by atoms with van der Waals surface area (Å²) in [5.41, 5.74) is 9.91. The van der Waals surface area contributed by atoms with E-state index < -0.39 is 11.9 Å². The minimum absolute atomic E-state index is 0.166. The first-order chi connectivity index (χ1) is 14.1. The zero-order valence-corrected chi connectivity index (χ0v) is 15.5. The van der Waals surface area contributed by atoms with Crippen LogP contribution in [0.25, 0.3) is 23.0 Å². The summed E-state index contributed by atoms with van der Waals surface area (Å²) in [4.78, 5) is 28.1. The molecule has 1 aliphatic carbocycles. The number of nitrogens with two attached hydrogens (primary N) is 1. The zero-order chi connectivity index (χ0) is 20.0. The second-order valence-corrected chi connectivity index (χ2v) is 7.15. The van der Waals surface area contributed by atoms with Gasteiger partial charge in [-0.1, -0.05) is 18.2 Å². The molecule has 9 nitrogen and oxygen atoms in total. The van der Waals surface area contributed by atoms with Crippen LogP contribution in [0.15, 0.2) is 42.2 Å². The van der Waals surface area contributed by atoms with Gasteiger partial charge >= 0.3 is 6.03 Å². The van der Waals surface area contributed by atoms with Crippen molar-refractivity contribution >= 4 is 29.5 Å². The number of rotatable bonds is 5. The number of benzene rings is 1. The highest BCUT2D eigenvalue weighted by Crippen LogP contribution is 2.29. The highest BCUT2D eigenvalue weighted by Gasteiger charge is 2.25. The number of hydrogen-bond donors (Lipinski definition) is 4. The van der Waals surface area contributed by atoms with E-state index >= 15 is 0 Å². The molecule has 9 heteroatoms. The normalized spacial score (nSPS) is 17.6. The van der Waals surface area contributed by atoms with Gasteiger partial charge in [-0.3, -0.25) is 10.1 Å². The molecule has 2 aromatic heterocycles. The van der Waals surface area contributed by atoms with Gasteiger partial charge in [0.05, 0.1) is 11.9 Å². The Morgan fingerprint density at radius 3 is 2.83 bits per heavy atom. The molecule has 5 rings (SSSR count). The Morgan fingerprint density at radius 2 is 2.10 bits per heavy atom. The molecule has 0 radical (unpaired) electrons. The van der Waals surface area contributed by atoms with E-state index in [-0.39, 0.29) is 5.70 Å². The lowest BCUT2D eigenvalue weighted by molar-refractivity contribution is -0.115. The van der Waals surface area contributed by atoms with Crippen molar-refractivity contribution in [2.75, 3.05) is 5.32 Å². The maximum Gasteiger partial charge on any atom is 0.326 e. The standard InChI is InChI=1S/C20H19N7O2/c21-9-11-2-1-3-12(6-11)15-8-17(23-14-4-5-14)27-18(24-15)13(10-22-27)7-16-19(28)26-20(29)25-16/h1-3,6-8,10,14,23H,4-5,9,21H2,(H2,25,26,28,29)/b16-7+. The van der Waals surface area contributed by atoms with E-state index in [0.717, 1.165) is 35.5 Å². The summed E-state index contributed by atoms with van der Waals surface area (Å²) < 4.78 is 1.72. The van der Waals surface area contributed by atoms with Crippen LogP contribution in [0.1, 0.15) is 24.0 Å². The number of carbonyl (C=O) groups is 2. The predicted octanol–water partition coefficient (Wildman–Crippen LogP) is 1.61. The Morgan fingerprint density at radius 1 is 1.24 bits per heavy atom. The van der Waals surface area contributed by atoms with Gasteiger partial charge in [0.15, 0.2) is 5.65 Å². The Labute approximate surface area is 166 Å². The molecule has 3 heterocycles. The molecule has 1 saturated carbocycles. The van der Waals surface area contributed by atoms with Gasteiger partial charge in [-0.15, -0.1) is 0 Å². The average Bonchev–Trinajstić information content (AvgIpc) is 3.36. The van der Waals surface area contributed by atoms with Crippen LogP contribution in [0.3, 0.4) is 0 Å². The number of imide groups is 1. The number of nitrogens with one attached hydrogen (secondary N) is 3. The van der Waals surface area contributed by atoms with E-state index in [2.05, 4.69) is 21.0 Å². The average molecular weight is 389 g/mol. The van der Waals surface area contributed by atoms with Crippen molar-refractivity contribution in [1.82, 2.24) is 25.2 Å². The van der Waals surface area contributed by atoms with Gasteiger partial charge in [0.2, 0.25) is 0 Å². The first-order valence-corrected chi connectivity index (χ1v) is 9.39. The maximum absolute atomic E-state index is 11.9. The fraction of sp³-hybridized carbons (Fsp3) is 0.200. The van der Waals surface area contributed by atoms with E-state index in [9.17, 15) is 9.59 Å². The topological polar surface area (TPSA) is 126 Å². The van der Waals surface area contributed by atoms with Crippen molar-refractivity contribution in [3.63, 3.8) is 0 Å². The zero-order valence-electron chi connectivity index (χ0n) is 15.5. The lowest BCUT2D eigenvalue weighted by atomic mass is 10.1. The minimum Gasteiger partial charge on any atom is -0.367 e. The summed E-state index contributed by atoms with van der Waals surface area (Å²) in [6.45, 7) is 0.447. The molecule has 3 amide bonds. The molecular formula is C20H19N7O2. The predicted molar refractivity (Wildman–Crippen MR) is 108 cm³/mol. The fourth-order valence-electron chi connectivity index (χ4n) is 3.26. The van der Waals surface area contributed by atoms with E-state index in [0.29, 0.717) is 23.8 Å². The first-order valence-electron chi connectivity index (χ1n) is 9.39. The summed E-state index contributed by atoms with van der Waals surface area (Å²) in [7, 11) is 0. The van der Waals surface area contributed by atoms with Gasteiger partial charge in [0.1, 0.15) is 11.5 Å². The number of hydrogen-bond acceptors (Lipinski definition) is 6. The Hall–Kier alpha value is -3.72. The summed E-state index contributed by atoms with van der Waals surface area (Å²) in [6.07, 6.45) is 5.44. The molecular weight excluding hydrogens is 370 g/mol. The van der Waals surface area contributed by atoms with E-state index in [1.807, 2.05) is 30.3 Å². The third kappa shape index (κ3) is 3.32. The number of nitrogens with zero attached hydrogens (tertiary/aromatic N) is 3. The van der Waals surface area contributed by atoms with Crippen molar-refractivity contribution in [3.05, 3.63) is 53.4 Å². The molecule has 0 atom stereocenters. The van der Waals surface area contributed by atoms with Crippen LogP contribution in [-0.4, -0.2) is 32.6 Å². The van der Waals surface area contributed by atoms with Crippen LogP contribution in [0.2, 0.25) is 0 Å². The monoisotopic (exact) mass is 389 g/mol. The van der Waals surface area contributed by atoms with Crippen molar-refractivity contribution in [1.29, 1.82) is 0 Å². The highest BCUT2D eigenvalue weighted by atomic mass is 16.2. The summed E-state index contributed by atoms with van der Waals surface area (Å²) in [5.74, 6) is 0.354. The number of fused-ring (bicyclic) bond motifs is 1. The van der Waals surface area contributed by atoms with E-state index in [1.165, 1.54) is 0 Å². The molecule has 0 spiro atoms. The van der Waals surface area contributed by atoms with Gasteiger partial charge in [0, 0.05) is 29.8 Å². The Balaban J connectivity index is 1.65. The molecule has 2 aliphatic rings. The van der Waals surface area contributed by atoms with Gasteiger partial charge in [0.25, 0.3) is 5.91 Å². The van der Waals surface area contributed by atoms with Crippen LogP contribution in [0.4, 0.5) is 10.6 Å². The quantitative estimate of drug-likeness (QED) is 0.388. The van der Waals surface area contributed by atoms with Crippen LogP contribution >= 0.6 is 0 Å². The van der Waals surface area contributed by atoms with Gasteiger partial charge in [-0.05, 0) is 30.5 Å². The summed E-state index contributed by atoms with van der Waals surface area (Å²) >= 11 is 0. The third-order valence-corrected chi connectivity index (χ3v) is 4.91. The molecule has 1 aliphatic heterocycles. The molecule has 5 N–H and O–H groups in total. The number of carbonyl (C=O) groups excluding carboxylic acids is 2. The molecule has 2 fully saturated rings. The minimum atomic E-state index is -0.541. The van der Waals surface area contributed by atoms with Crippen molar-refractivity contribution in [2.45, 2.75) is 25.4 Å². The SMILES string of the molecule is NCc1cccc(-c2cc(NC3CC3)n3ncc(/C=C4/NC(=O)NC4=O)c3n2)c1. The molecule has 0 bridgehead atoms.